The van der Waals surface area contributed by atoms with E-state index in [4.69, 9.17) is 0 Å². The van der Waals surface area contributed by atoms with E-state index in [2.05, 4.69) is 57.9 Å². The van der Waals surface area contributed by atoms with E-state index in [-0.39, 0.29) is 11.8 Å². The lowest BCUT2D eigenvalue weighted by Gasteiger charge is -2.27. The molecule has 2 aliphatic heterocycles. The van der Waals surface area contributed by atoms with Gasteiger partial charge in [0.05, 0.1) is 12.2 Å². The number of likely N-dealkylation sites (tertiary alicyclic amines) is 1. The molecule has 0 saturated carbocycles. The third-order valence-electron chi connectivity index (χ3n) is 6.06. The van der Waals surface area contributed by atoms with Gasteiger partial charge in [0.2, 0.25) is 5.91 Å². The number of nitrogens with one attached hydrogen (secondary N) is 2. The highest BCUT2D eigenvalue weighted by Gasteiger charge is 2.29. The van der Waals surface area contributed by atoms with Crippen LogP contribution in [0.5, 0.6) is 0 Å². The van der Waals surface area contributed by atoms with Crippen LogP contribution in [-0.4, -0.2) is 46.3 Å². The SMILES string of the molecule is Cc1cnn(C2CCN(Cc3ccccc3)C2)c1NC(=O)[C@H]1CCN[C@@H](C)C1. The number of amides is 1. The molecule has 1 amide bonds. The van der Waals surface area contributed by atoms with E-state index in [1.54, 1.807) is 0 Å². The molecule has 0 aliphatic carbocycles. The Kier molecular flexibility index (Phi) is 5.78. The molecule has 3 atom stereocenters. The Hall–Kier alpha value is -2.18. The molecule has 0 radical (unpaired) electrons. The Morgan fingerprint density at radius 1 is 1.29 bits per heavy atom. The Bertz CT molecular complexity index is 803. The minimum Gasteiger partial charge on any atom is -0.314 e. The van der Waals surface area contributed by atoms with Gasteiger partial charge >= 0.3 is 0 Å². The highest BCUT2D eigenvalue weighted by Crippen LogP contribution is 2.28. The van der Waals surface area contributed by atoms with Gasteiger partial charge in [0, 0.05) is 37.2 Å². The fraction of sp³-hybridized carbons (Fsp3) is 0.545. The van der Waals surface area contributed by atoms with Crippen LogP contribution in [0.15, 0.2) is 36.5 Å². The van der Waals surface area contributed by atoms with Gasteiger partial charge in [-0.15, -0.1) is 0 Å². The number of nitrogens with zero attached hydrogens (tertiary/aromatic N) is 3. The van der Waals surface area contributed by atoms with Crippen LogP contribution < -0.4 is 10.6 Å². The van der Waals surface area contributed by atoms with Crippen molar-refractivity contribution in [1.29, 1.82) is 0 Å². The number of carbonyl (C=O) groups is 1. The molecule has 1 unspecified atom stereocenters. The highest BCUT2D eigenvalue weighted by atomic mass is 16.2. The normalized spacial score (nSPS) is 25.7. The molecule has 2 aliphatic rings. The number of hydrogen-bond donors (Lipinski definition) is 2. The largest absolute Gasteiger partial charge is 0.314 e. The molecule has 2 aromatic rings. The Balaban J connectivity index is 1.41. The zero-order valence-corrected chi connectivity index (χ0v) is 16.9. The second-order valence-electron chi connectivity index (χ2n) is 8.35. The van der Waals surface area contributed by atoms with Gasteiger partial charge in [-0.2, -0.15) is 5.10 Å². The van der Waals surface area contributed by atoms with Crippen molar-refractivity contribution in [3.8, 4) is 0 Å². The lowest BCUT2D eigenvalue weighted by Crippen LogP contribution is -2.40. The summed E-state index contributed by atoms with van der Waals surface area (Å²) >= 11 is 0. The average Bonchev–Trinajstić information content (AvgIpc) is 3.29. The van der Waals surface area contributed by atoms with Crippen molar-refractivity contribution in [2.45, 2.75) is 51.7 Å². The van der Waals surface area contributed by atoms with Crippen molar-refractivity contribution in [1.82, 2.24) is 20.0 Å². The summed E-state index contributed by atoms with van der Waals surface area (Å²) in [6.45, 7) is 8.07. The smallest absolute Gasteiger partial charge is 0.228 e. The first-order chi connectivity index (χ1) is 13.6. The number of aryl methyl sites for hydroxylation is 1. The topological polar surface area (TPSA) is 62.2 Å². The molecule has 0 bridgehead atoms. The van der Waals surface area contributed by atoms with Crippen LogP contribution in [0, 0.1) is 12.8 Å². The summed E-state index contributed by atoms with van der Waals surface area (Å²) in [4.78, 5) is 15.3. The molecule has 2 saturated heterocycles. The molecular weight excluding hydrogens is 350 g/mol. The maximum atomic E-state index is 12.8. The highest BCUT2D eigenvalue weighted by molar-refractivity contribution is 5.92. The molecule has 28 heavy (non-hydrogen) atoms. The number of benzene rings is 1. The van der Waals surface area contributed by atoms with Gasteiger partial charge in [-0.3, -0.25) is 9.69 Å². The van der Waals surface area contributed by atoms with Gasteiger partial charge in [-0.05, 0) is 45.2 Å². The number of piperidine rings is 1. The van der Waals surface area contributed by atoms with Gasteiger partial charge in [-0.1, -0.05) is 30.3 Å². The fourth-order valence-electron chi connectivity index (χ4n) is 4.47. The third kappa shape index (κ3) is 4.28. The molecule has 4 rings (SSSR count). The van der Waals surface area contributed by atoms with Crippen molar-refractivity contribution in [2.24, 2.45) is 5.92 Å². The summed E-state index contributed by atoms with van der Waals surface area (Å²) in [6, 6.07) is 11.3. The summed E-state index contributed by atoms with van der Waals surface area (Å²) < 4.78 is 2.04. The molecule has 2 fully saturated rings. The zero-order valence-electron chi connectivity index (χ0n) is 16.9. The van der Waals surface area contributed by atoms with Crippen molar-refractivity contribution >= 4 is 11.7 Å². The summed E-state index contributed by atoms with van der Waals surface area (Å²) in [6.07, 6.45) is 4.73. The molecule has 1 aromatic heterocycles. The molecule has 150 valence electrons. The number of rotatable bonds is 5. The van der Waals surface area contributed by atoms with Crippen LogP contribution in [0.2, 0.25) is 0 Å². The van der Waals surface area contributed by atoms with Gasteiger partial charge in [0.15, 0.2) is 0 Å². The van der Waals surface area contributed by atoms with Crippen molar-refractivity contribution < 1.29 is 4.79 Å². The summed E-state index contributed by atoms with van der Waals surface area (Å²) in [5.41, 5.74) is 2.38. The summed E-state index contributed by atoms with van der Waals surface area (Å²) in [5.74, 6) is 1.09. The van der Waals surface area contributed by atoms with Crippen LogP contribution in [0.4, 0.5) is 5.82 Å². The standard InChI is InChI=1S/C22H31N5O/c1-16-13-24-27(21(16)25-22(28)19-8-10-23-17(2)12-19)20-9-11-26(15-20)14-18-6-4-3-5-7-18/h3-7,13,17,19-20,23H,8-12,14-15H2,1-2H3,(H,25,28)/t17-,19-,20?/m0/s1. The van der Waals surface area contributed by atoms with Crippen LogP contribution in [0.25, 0.3) is 0 Å². The van der Waals surface area contributed by atoms with Crippen LogP contribution >= 0.6 is 0 Å². The second-order valence-corrected chi connectivity index (χ2v) is 8.35. The molecular formula is C22H31N5O. The minimum absolute atomic E-state index is 0.0807. The third-order valence-corrected chi connectivity index (χ3v) is 6.06. The van der Waals surface area contributed by atoms with E-state index in [0.29, 0.717) is 12.1 Å². The fourth-order valence-corrected chi connectivity index (χ4v) is 4.47. The molecule has 3 heterocycles. The number of aromatic nitrogens is 2. The number of hydrogen-bond acceptors (Lipinski definition) is 4. The first kappa shape index (κ1) is 19.2. The van der Waals surface area contributed by atoms with E-state index >= 15 is 0 Å². The van der Waals surface area contributed by atoms with Crippen LogP contribution in [0.3, 0.4) is 0 Å². The van der Waals surface area contributed by atoms with Crippen LogP contribution in [0.1, 0.15) is 43.4 Å². The predicted octanol–water partition coefficient (Wildman–Crippen LogP) is 2.97. The van der Waals surface area contributed by atoms with Crippen LogP contribution in [-0.2, 0) is 11.3 Å². The number of anilines is 1. The van der Waals surface area contributed by atoms with Gasteiger partial charge in [0.25, 0.3) is 0 Å². The Morgan fingerprint density at radius 3 is 2.89 bits per heavy atom. The Labute approximate surface area is 167 Å². The van der Waals surface area contributed by atoms with E-state index in [9.17, 15) is 4.79 Å². The molecule has 2 N–H and O–H groups in total. The van der Waals surface area contributed by atoms with E-state index in [0.717, 1.165) is 56.8 Å². The summed E-state index contributed by atoms with van der Waals surface area (Å²) in [7, 11) is 0. The zero-order chi connectivity index (χ0) is 19.5. The molecule has 1 aromatic carbocycles. The minimum atomic E-state index is 0.0807. The maximum Gasteiger partial charge on any atom is 0.228 e. The van der Waals surface area contributed by atoms with Crippen molar-refractivity contribution in [3.05, 3.63) is 47.7 Å². The molecule has 6 nitrogen and oxygen atoms in total. The van der Waals surface area contributed by atoms with Gasteiger partial charge in [-0.25, -0.2) is 4.68 Å². The van der Waals surface area contributed by atoms with E-state index in [1.165, 1.54) is 5.56 Å². The first-order valence-corrected chi connectivity index (χ1v) is 10.4. The molecule has 0 spiro atoms. The average molecular weight is 382 g/mol. The lowest BCUT2D eigenvalue weighted by molar-refractivity contribution is -0.120. The lowest BCUT2D eigenvalue weighted by atomic mass is 9.92. The van der Waals surface area contributed by atoms with Gasteiger partial charge < -0.3 is 10.6 Å². The summed E-state index contributed by atoms with van der Waals surface area (Å²) in [5, 5.41) is 11.2. The Morgan fingerprint density at radius 2 is 2.11 bits per heavy atom. The van der Waals surface area contributed by atoms with Crippen molar-refractivity contribution in [3.63, 3.8) is 0 Å². The van der Waals surface area contributed by atoms with E-state index in [1.807, 2.05) is 17.8 Å². The molecule has 6 heteroatoms. The second kappa shape index (κ2) is 8.45. The van der Waals surface area contributed by atoms with Crippen molar-refractivity contribution in [2.75, 3.05) is 25.0 Å². The monoisotopic (exact) mass is 381 g/mol. The maximum absolute atomic E-state index is 12.8. The first-order valence-electron chi connectivity index (χ1n) is 10.4. The predicted molar refractivity (Wildman–Crippen MR) is 111 cm³/mol. The van der Waals surface area contributed by atoms with E-state index < -0.39 is 0 Å². The quantitative estimate of drug-likeness (QED) is 0.836. The van der Waals surface area contributed by atoms with Gasteiger partial charge in [0.1, 0.15) is 5.82 Å². The number of carbonyl (C=O) groups excluding carboxylic acids is 1.